The summed E-state index contributed by atoms with van der Waals surface area (Å²) in [5.74, 6) is 1.11. The third kappa shape index (κ3) is 4.09. The molecule has 0 amide bonds. The molecule has 2 aromatic carbocycles. The van der Waals surface area contributed by atoms with Crippen LogP contribution in [-0.2, 0) is 0 Å². The van der Waals surface area contributed by atoms with Gasteiger partial charge < -0.3 is 5.73 Å². The van der Waals surface area contributed by atoms with Crippen LogP contribution in [0.25, 0.3) is 0 Å². The monoisotopic (exact) mass is 289 g/mol. The number of rotatable bonds is 5. The molecule has 0 bridgehead atoms. The van der Waals surface area contributed by atoms with Crippen LogP contribution in [0.5, 0.6) is 0 Å². The molecular weight excluding hydrogens is 269 g/mol. The zero-order valence-corrected chi connectivity index (χ0v) is 12.7. The highest BCUT2D eigenvalue weighted by atomic mass is 32.2. The van der Waals surface area contributed by atoms with Gasteiger partial charge in [-0.3, -0.25) is 0 Å². The Morgan fingerprint density at radius 2 is 1.50 bits per heavy atom. The highest BCUT2D eigenvalue weighted by Gasteiger charge is 2.07. The second kappa shape index (κ2) is 6.91. The Hall–Kier alpha value is -1.32. The normalized spacial score (nSPS) is 12.7. The molecule has 1 atom stereocenters. The molecule has 20 heavy (non-hydrogen) atoms. The maximum absolute atomic E-state index is 12.9. The lowest BCUT2D eigenvalue weighted by Gasteiger charge is -2.12. The van der Waals surface area contributed by atoms with Gasteiger partial charge in [-0.05, 0) is 41.3 Å². The molecule has 0 radical (unpaired) electrons. The number of hydrogen-bond donors (Lipinski definition) is 1. The van der Waals surface area contributed by atoms with Crippen LogP contribution >= 0.6 is 11.8 Å². The smallest absolute Gasteiger partial charge is 0.123 e. The average molecular weight is 289 g/mol. The van der Waals surface area contributed by atoms with Gasteiger partial charge in [0.25, 0.3) is 0 Å². The van der Waals surface area contributed by atoms with E-state index in [1.54, 1.807) is 23.9 Å². The van der Waals surface area contributed by atoms with Gasteiger partial charge in [-0.1, -0.05) is 38.1 Å². The predicted octanol–water partition coefficient (Wildman–Crippen LogP) is 4.74. The van der Waals surface area contributed by atoms with Crippen molar-refractivity contribution < 1.29 is 4.39 Å². The third-order valence-corrected chi connectivity index (χ3v) is 4.41. The van der Waals surface area contributed by atoms with Crippen molar-refractivity contribution in [1.29, 1.82) is 0 Å². The lowest BCUT2D eigenvalue weighted by molar-refractivity contribution is 0.626. The lowest BCUT2D eigenvalue weighted by atomic mass is 10.0. The molecule has 0 fully saturated rings. The van der Waals surface area contributed by atoms with E-state index < -0.39 is 0 Å². The molecule has 3 heteroatoms. The van der Waals surface area contributed by atoms with Gasteiger partial charge in [0.05, 0.1) is 0 Å². The Morgan fingerprint density at radius 3 is 2.05 bits per heavy atom. The van der Waals surface area contributed by atoms with E-state index >= 15 is 0 Å². The highest BCUT2D eigenvalue weighted by molar-refractivity contribution is 7.99. The summed E-state index contributed by atoms with van der Waals surface area (Å²) >= 11 is 1.73. The second-order valence-corrected chi connectivity index (χ2v) is 6.29. The average Bonchev–Trinajstić information content (AvgIpc) is 2.46. The summed E-state index contributed by atoms with van der Waals surface area (Å²) in [6.45, 7) is 4.37. The summed E-state index contributed by atoms with van der Waals surface area (Å²) in [4.78, 5) is 1.21. The van der Waals surface area contributed by atoms with Crippen molar-refractivity contribution >= 4 is 11.8 Å². The number of hydrogen-bond acceptors (Lipinski definition) is 2. The van der Waals surface area contributed by atoms with Crippen LogP contribution in [-0.4, -0.2) is 5.75 Å². The molecule has 0 aromatic heterocycles. The standard InChI is InChI=1S/C17H20FNS/c1-12(2)13-5-9-16(10-6-13)20-11-17(19)14-3-7-15(18)8-4-14/h3-10,12,17H,11,19H2,1-2H3. The number of thioether (sulfide) groups is 1. The van der Waals surface area contributed by atoms with Crippen molar-refractivity contribution in [3.63, 3.8) is 0 Å². The summed E-state index contributed by atoms with van der Waals surface area (Å²) in [5.41, 5.74) is 8.44. The number of benzene rings is 2. The SMILES string of the molecule is CC(C)c1ccc(SCC(N)c2ccc(F)cc2)cc1. The van der Waals surface area contributed by atoms with Crippen molar-refractivity contribution in [3.8, 4) is 0 Å². The van der Waals surface area contributed by atoms with Gasteiger partial charge in [0.1, 0.15) is 5.82 Å². The predicted molar refractivity (Wildman–Crippen MR) is 84.6 cm³/mol. The number of halogens is 1. The van der Waals surface area contributed by atoms with Gasteiger partial charge in [0.2, 0.25) is 0 Å². The van der Waals surface area contributed by atoms with Gasteiger partial charge in [-0.15, -0.1) is 11.8 Å². The summed E-state index contributed by atoms with van der Waals surface area (Å²) in [6.07, 6.45) is 0. The fourth-order valence-corrected chi connectivity index (χ4v) is 2.83. The first kappa shape index (κ1) is 15.1. The molecule has 2 aromatic rings. The summed E-state index contributed by atoms with van der Waals surface area (Å²) in [6, 6.07) is 14.9. The van der Waals surface area contributed by atoms with Crippen LogP contribution < -0.4 is 5.73 Å². The van der Waals surface area contributed by atoms with Crippen LogP contribution in [0.2, 0.25) is 0 Å². The van der Waals surface area contributed by atoms with Crippen molar-refractivity contribution in [2.75, 3.05) is 5.75 Å². The molecule has 0 aliphatic rings. The fourth-order valence-electron chi connectivity index (χ4n) is 1.94. The molecule has 2 N–H and O–H groups in total. The van der Waals surface area contributed by atoms with E-state index in [0.717, 1.165) is 11.3 Å². The van der Waals surface area contributed by atoms with Crippen LogP contribution in [0.15, 0.2) is 53.4 Å². The molecule has 106 valence electrons. The lowest BCUT2D eigenvalue weighted by Crippen LogP contribution is -2.12. The van der Waals surface area contributed by atoms with Crippen LogP contribution in [0.3, 0.4) is 0 Å². The van der Waals surface area contributed by atoms with E-state index in [0.29, 0.717) is 5.92 Å². The second-order valence-electron chi connectivity index (χ2n) is 5.19. The van der Waals surface area contributed by atoms with Gasteiger partial charge in [-0.2, -0.15) is 0 Å². The largest absolute Gasteiger partial charge is 0.323 e. The van der Waals surface area contributed by atoms with E-state index in [2.05, 4.69) is 38.1 Å². The summed E-state index contributed by atoms with van der Waals surface area (Å²) in [5, 5.41) is 0. The van der Waals surface area contributed by atoms with Crippen LogP contribution in [0.4, 0.5) is 4.39 Å². The molecule has 0 aliphatic heterocycles. The van der Waals surface area contributed by atoms with E-state index in [-0.39, 0.29) is 11.9 Å². The van der Waals surface area contributed by atoms with Crippen molar-refractivity contribution in [3.05, 3.63) is 65.5 Å². The van der Waals surface area contributed by atoms with Crippen LogP contribution in [0, 0.1) is 5.82 Å². The van der Waals surface area contributed by atoms with Gasteiger partial charge >= 0.3 is 0 Å². The summed E-state index contributed by atoms with van der Waals surface area (Å²) in [7, 11) is 0. The minimum Gasteiger partial charge on any atom is -0.323 e. The molecule has 0 aliphatic carbocycles. The van der Waals surface area contributed by atoms with Crippen molar-refractivity contribution in [2.45, 2.75) is 30.7 Å². The third-order valence-electron chi connectivity index (χ3n) is 3.27. The first-order chi connectivity index (χ1) is 9.56. The highest BCUT2D eigenvalue weighted by Crippen LogP contribution is 2.25. The zero-order chi connectivity index (χ0) is 14.5. The maximum Gasteiger partial charge on any atom is 0.123 e. The first-order valence-electron chi connectivity index (χ1n) is 6.80. The molecule has 0 saturated heterocycles. The van der Waals surface area contributed by atoms with E-state index in [1.165, 1.54) is 22.6 Å². The number of nitrogens with two attached hydrogens (primary N) is 1. The van der Waals surface area contributed by atoms with E-state index in [4.69, 9.17) is 5.73 Å². The molecule has 2 rings (SSSR count). The molecule has 0 saturated carbocycles. The Morgan fingerprint density at radius 1 is 0.950 bits per heavy atom. The maximum atomic E-state index is 12.9. The Bertz CT molecular complexity index is 534. The quantitative estimate of drug-likeness (QED) is 0.804. The Balaban J connectivity index is 1.92. The van der Waals surface area contributed by atoms with Gasteiger partial charge in [-0.25, -0.2) is 4.39 Å². The van der Waals surface area contributed by atoms with Gasteiger partial charge in [0, 0.05) is 16.7 Å². The minimum absolute atomic E-state index is 0.0784. The van der Waals surface area contributed by atoms with E-state index in [9.17, 15) is 4.39 Å². The Kier molecular flexibility index (Phi) is 5.21. The molecular formula is C17H20FNS. The fraction of sp³-hybridized carbons (Fsp3) is 0.294. The zero-order valence-electron chi connectivity index (χ0n) is 11.8. The first-order valence-corrected chi connectivity index (χ1v) is 7.78. The molecule has 0 heterocycles. The topological polar surface area (TPSA) is 26.0 Å². The molecule has 1 unspecified atom stereocenters. The van der Waals surface area contributed by atoms with E-state index in [1.807, 2.05) is 0 Å². The molecule has 0 spiro atoms. The molecule has 1 nitrogen and oxygen atoms in total. The minimum atomic E-state index is -0.224. The van der Waals surface area contributed by atoms with Crippen molar-refractivity contribution in [1.82, 2.24) is 0 Å². The Labute approximate surface area is 124 Å². The van der Waals surface area contributed by atoms with Gasteiger partial charge in [0.15, 0.2) is 0 Å². The van der Waals surface area contributed by atoms with Crippen molar-refractivity contribution in [2.24, 2.45) is 5.73 Å². The van der Waals surface area contributed by atoms with Crippen LogP contribution in [0.1, 0.15) is 36.9 Å². The summed E-state index contributed by atoms with van der Waals surface area (Å²) < 4.78 is 12.9.